The van der Waals surface area contributed by atoms with Crippen LogP contribution in [0.1, 0.15) is 16.7 Å². The summed E-state index contributed by atoms with van der Waals surface area (Å²) in [6.45, 7) is 4.86. The molecule has 0 heterocycles. The third-order valence-electron chi connectivity index (χ3n) is 3.25. The zero-order valence-electron chi connectivity index (χ0n) is 11.0. The summed E-state index contributed by atoms with van der Waals surface area (Å²) in [7, 11) is 1.87. The topological polar surface area (TPSA) is 12.0 Å². The summed E-state index contributed by atoms with van der Waals surface area (Å²) in [5.41, 5.74) is 5.75. The number of rotatable bonds is 3. The molecule has 2 aromatic carbocycles. The molecule has 2 aromatic rings. The minimum absolute atomic E-state index is 0.187. The molecule has 0 fully saturated rings. The van der Waals surface area contributed by atoms with Crippen LogP contribution in [0.5, 0.6) is 0 Å². The zero-order chi connectivity index (χ0) is 13.1. The van der Waals surface area contributed by atoms with Crippen LogP contribution >= 0.6 is 0 Å². The lowest BCUT2D eigenvalue weighted by Crippen LogP contribution is -2.06. The third kappa shape index (κ3) is 2.59. The molecule has 0 unspecified atom stereocenters. The van der Waals surface area contributed by atoms with Gasteiger partial charge in [0.05, 0.1) is 0 Å². The van der Waals surface area contributed by atoms with Crippen molar-refractivity contribution >= 4 is 0 Å². The van der Waals surface area contributed by atoms with Crippen molar-refractivity contribution in [3.63, 3.8) is 0 Å². The monoisotopic (exact) mass is 243 g/mol. The minimum atomic E-state index is -0.187. The molecule has 2 rings (SSSR count). The van der Waals surface area contributed by atoms with Crippen molar-refractivity contribution < 1.29 is 4.39 Å². The van der Waals surface area contributed by atoms with E-state index in [4.69, 9.17) is 0 Å². The van der Waals surface area contributed by atoms with E-state index in [1.54, 1.807) is 6.07 Å². The van der Waals surface area contributed by atoms with Crippen LogP contribution in [0.2, 0.25) is 0 Å². The average molecular weight is 243 g/mol. The van der Waals surface area contributed by atoms with Crippen molar-refractivity contribution in [1.29, 1.82) is 0 Å². The van der Waals surface area contributed by atoms with Crippen LogP contribution in [0, 0.1) is 19.7 Å². The molecular weight excluding hydrogens is 225 g/mol. The molecule has 2 heteroatoms. The van der Waals surface area contributed by atoms with E-state index in [-0.39, 0.29) is 5.82 Å². The highest BCUT2D eigenvalue weighted by Crippen LogP contribution is 2.26. The van der Waals surface area contributed by atoms with Crippen molar-refractivity contribution in [3.05, 3.63) is 58.9 Å². The van der Waals surface area contributed by atoms with Crippen LogP contribution in [0.3, 0.4) is 0 Å². The van der Waals surface area contributed by atoms with E-state index in [2.05, 4.69) is 37.4 Å². The number of halogens is 1. The van der Waals surface area contributed by atoms with Gasteiger partial charge < -0.3 is 5.32 Å². The SMILES string of the molecule is CNCc1cc(F)ccc1-c1ccc(C)c(C)c1. The largest absolute Gasteiger partial charge is 0.316 e. The fraction of sp³-hybridized carbons (Fsp3) is 0.250. The molecule has 0 radical (unpaired) electrons. The van der Waals surface area contributed by atoms with Crippen molar-refractivity contribution in [3.8, 4) is 11.1 Å². The highest BCUT2D eigenvalue weighted by atomic mass is 19.1. The van der Waals surface area contributed by atoms with Crippen LogP contribution in [-0.2, 0) is 6.54 Å². The van der Waals surface area contributed by atoms with Crippen LogP contribution in [0.25, 0.3) is 11.1 Å². The van der Waals surface area contributed by atoms with E-state index >= 15 is 0 Å². The van der Waals surface area contributed by atoms with Crippen molar-refractivity contribution in [2.45, 2.75) is 20.4 Å². The maximum atomic E-state index is 13.3. The highest BCUT2D eigenvalue weighted by Gasteiger charge is 2.07. The van der Waals surface area contributed by atoms with Gasteiger partial charge in [-0.1, -0.05) is 24.3 Å². The first-order chi connectivity index (χ1) is 8.61. The molecule has 1 N–H and O–H groups in total. The lowest BCUT2D eigenvalue weighted by Gasteiger charge is -2.11. The van der Waals surface area contributed by atoms with E-state index in [0.29, 0.717) is 6.54 Å². The molecule has 0 saturated heterocycles. The Labute approximate surface area is 108 Å². The summed E-state index contributed by atoms with van der Waals surface area (Å²) < 4.78 is 13.3. The summed E-state index contributed by atoms with van der Waals surface area (Å²) in [6, 6.07) is 11.3. The Kier molecular flexibility index (Phi) is 3.78. The second kappa shape index (κ2) is 5.32. The van der Waals surface area contributed by atoms with Gasteiger partial charge in [-0.25, -0.2) is 4.39 Å². The van der Waals surface area contributed by atoms with E-state index < -0.39 is 0 Å². The normalized spacial score (nSPS) is 10.7. The lowest BCUT2D eigenvalue weighted by molar-refractivity contribution is 0.624. The molecule has 0 bridgehead atoms. The highest BCUT2D eigenvalue weighted by molar-refractivity contribution is 5.68. The van der Waals surface area contributed by atoms with Gasteiger partial charge in [0.1, 0.15) is 5.82 Å². The fourth-order valence-corrected chi connectivity index (χ4v) is 2.09. The molecular formula is C16H18FN. The Hall–Kier alpha value is -1.67. The Balaban J connectivity index is 2.51. The summed E-state index contributed by atoms with van der Waals surface area (Å²) >= 11 is 0. The van der Waals surface area contributed by atoms with Crippen molar-refractivity contribution in [2.75, 3.05) is 7.05 Å². The predicted octanol–water partition coefficient (Wildman–Crippen LogP) is 3.83. The second-order valence-corrected chi connectivity index (χ2v) is 4.63. The zero-order valence-corrected chi connectivity index (χ0v) is 11.0. The van der Waals surface area contributed by atoms with E-state index in [0.717, 1.165) is 16.7 Å². The first-order valence-corrected chi connectivity index (χ1v) is 6.12. The summed E-state index contributed by atoms with van der Waals surface area (Å²) in [5, 5.41) is 3.08. The molecule has 0 amide bonds. The maximum absolute atomic E-state index is 13.3. The van der Waals surface area contributed by atoms with E-state index in [1.165, 1.54) is 17.2 Å². The van der Waals surface area contributed by atoms with Gasteiger partial charge in [0.25, 0.3) is 0 Å². The van der Waals surface area contributed by atoms with Gasteiger partial charge in [-0.05, 0) is 60.8 Å². The number of aryl methyl sites for hydroxylation is 2. The van der Waals surface area contributed by atoms with Crippen molar-refractivity contribution in [2.24, 2.45) is 0 Å². The van der Waals surface area contributed by atoms with Crippen molar-refractivity contribution in [1.82, 2.24) is 5.32 Å². The smallest absolute Gasteiger partial charge is 0.123 e. The number of benzene rings is 2. The Morgan fingerprint density at radius 1 is 1.00 bits per heavy atom. The molecule has 0 aromatic heterocycles. The first kappa shape index (κ1) is 12.8. The summed E-state index contributed by atoms with van der Waals surface area (Å²) in [4.78, 5) is 0. The Bertz CT molecular complexity index is 561. The Morgan fingerprint density at radius 3 is 2.44 bits per heavy atom. The number of hydrogen-bond acceptors (Lipinski definition) is 1. The molecule has 0 aliphatic rings. The first-order valence-electron chi connectivity index (χ1n) is 6.12. The van der Waals surface area contributed by atoms with Gasteiger partial charge in [0, 0.05) is 6.54 Å². The van der Waals surface area contributed by atoms with Gasteiger partial charge >= 0.3 is 0 Å². The number of nitrogens with one attached hydrogen (secondary N) is 1. The van der Waals surface area contributed by atoms with E-state index in [9.17, 15) is 4.39 Å². The predicted molar refractivity (Wildman–Crippen MR) is 74.1 cm³/mol. The molecule has 0 atom stereocenters. The van der Waals surface area contributed by atoms with Gasteiger partial charge in [-0.2, -0.15) is 0 Å². The average Bonchev–Trinajstić information content (AvgIpc) is 2.34. The fourth-order valence-electron chi connectivity index (χ4n) is 2.09. The molecule has 0 aliphatic heterocycles. The molecule has 94 valence electrons. The van der Waals surface area contributed by atoms with Gasteiger partial charge in [-0.3, -0.25) is 0 Å². The molecule has 0 spiro atoms. The van der Waals surface area contributed by atoms with Crippen LogP contribution < -0.4 is 5.32 Å². The summed E-state index contributed by atoms with van der Waals surface area (Å²) in [5.74, 6) is -0.187. The minimum Gasteiger partial charge on any atom is -0.316 e. The standard InChI is InChI=1S/C16H18FN/c1-11-4-5-13(8-12(11)2)16-7-6-15(17)9-14(16)10-18-3/h4-9,18H,10H2,1-3H3. The molecule has 0 aliphatic carbocycles. The van der Waals surface area contributed by atoms with Crippen LogP contribution in [0.4, 0.5) is 4.39 Å². The quantitative estimate of drug-likeness (QED) is 0.864. The van der Waals surface area contributed by atoms with E-state index in [1.807, 2.05) is 13.1 Å². The Morgan fingerprint density at radius 2 is 1.78 bits per heavy atom. The molecule has 18 heavy (non-hydrogen) atoms. The molecule has 0 saturated carbocycles. The lowest BCUT2D eigenvalue weighted by atomic mass is 9.96. The maximum Gasteiger partial charge on any atom is 0.123 e. The van der Waals surface area contributed by atoms with Gasteiger partial charge in [0.2, 0.25) is 0 Å². The number of hydrogen-bond donors (Lipinski definition) is 1. The van der Waals surface area contributed by atoms with Crippen LogP contribution in [0.15, 0.2) is 36.4 Å². The second-order valence-electron chi connectivity index (χ2n) is 4.63. The van der Waals surface area contributed by atoms with Gasteiger partial charge in [-0.15, -0.1) is 0 Å². The van der Waals surface area contributed by atoms with Crippen LogP contribution in [-0.4, -0.2) is 7.05 Å². The van der Waals surface area contributed by atoms with Gasteiger partial charge in [0.15, 0.2) is 0 Å². The third-order valence-corrected chi connectivity index (χ3v) is 3.25. The summed E-state index contributed by atoms with van der Waals surface area (Å²) in [6.07, 6.45) is 0. The molecule has 1 nitrogen and oxygen atoms in total.